The average molecular weight is 1020 g/mol. The monoisotopic (exact) mass is 1020 g/mol. The van der Waals surface area contributed by atoms with Crippen LogP contribution in [0.4, 0.5) is 16.2 Å². The van der Waals surface area contributed by atoms with Gasteiger partial charge >= 0.3 is 6.03 Å². The highest BCUT2D eigenvalue weighted by Gasteiger charge is 2.46. The number of likely N-dealkylation sites (tertiary alicyclic amines) is 1. The lowest BCUT2D eigenvalue weighted by Crippen LogP contribution is -2.56. The topological polar surface area (TPSA) is 135 Å². The summed E-state index contributed by atoms with van der Waals surface area (Å²) in [6.07, 6.45) is 6.22. The van der Waals surface area contributed by atoms with E-state index in [0.29, 0.717) is 58.5 Å². The largest absolute Gasteiger partial charge is 0.497 e. The van der Waals surface area contributed by atoms with Gasteiger partial charge in [0.25, 0.3) is 0 Å². The van der Waals surface area contributed by atoms with Crippen molar-refractivity contribution in [3.63, 3.8) is 0 Å². The van der Waals surface area contributed by atoms with Crippen LogP contribution in [0.3, 0.4) is 0 Å². The predicted octanol–water partition coefficient (Wildman–Crippen LogP) is 10.9. The number of aliphatic hydroxyl groups excluding tert-OH is 1. The molecule has 5 atom stereocenters. The minimum Gasteiger partial charge on any atom is -0.497 e. The first-order valence-electron chi connectivity index (χ1n) is 25.3. The lowest BCUT2D eigenvalue weighted by atomic mass is 9.82. The van der Waals surface area contributed by atoms with E-state index in [2.05, 4.69) is 75.1 Å². The van der Waals surface area contributed by atoms with Crippen LogP contribution in [-0.4, -0.2) is 113 Å². The molecule has 0 radical (unpaired) electrons. The van der Waals surface area contributed by atoms with Gasteiger partial charge < -0.3 is 35.0 Å². The number of rotatable bonds is 16. The highest BCUT2D eigenvalue weighted by atomic mass is 35.5. The lowest BCUT2D eigenvalue weighted by molar-refractivity contribution is -0.135. The second-order valence-electron chi connectivity index (χ2n) is 19.6. The molecule has 5 aromatic carbocycles. The number of unbranched alkanes of at least 4 members (excludes halogenated alkanes) is 1. The summed E-state index contributed by atoms with van der Waals surface area (Å²) >= 11 is 12.8. The molecule has 73 heavy (non-hydrogen) atoms. The van der Waals surface area contributed by atoms with Crippen molar-refractivity contribution in [2.45, 2.75) is 69.9 Å². The SMILES string of the molecule is COc1ccc(C2=N[C@H](c3ccc(Cl)cc3)[C@H](c3ccc(Cl)cc3)N2C(=O)N2CCN(CCCCNc3cccc(-c4ccc5c(c4)[C@H]4[C@H](CCN4Cc4ccncc4)[C@@H](CO)N5)c3)C(=O)C2)c(OC(C)C)c1. The molecule has 4 aliphatic rings. The number of amides is 3. The number of halogens is 2. The van der Waals surface area contributed by atoms with E-state index in [1.54, 1.807) is 16.9 Å². The van der Waals surface area contributed by atoms with Crippen molar-refractivity contribution >= 4 is 52.4 Å². The summed E-state index contributed by atoms with van der Waals surface area (Å²) in [4.78, 5) is 46.5. The fourth-order valence-corrected chi connectivity index (χ4v) is 11.2. The second kappa shape index (κ2) is 22.2. The van der Waals surface area contributed by atoms with Crippen LogP contribution in [0.15, 0.2) is 139 Å². The molecule has 0 spiro atoms. The zero-order valence-electron chi connectivity index (χ0n) is 41.5. The number of hydrogen-bond donors (Lipinski definition) is 3. The number of piperazine rings is 1. The minimum absolute atomic E-state index is 0.0180. The minimum atomic E-state index is -0.582. The molecular formula is C58H62Cl2N8O5. The Bertz CT molecular complexity index is 2940. The number of anilines is 2. The van der Waals surface area contributed by atoms with Gasteiger partial charge in [-0.05, 0) is 146 Å². The number of carbonyl (C=O) groups excluding carboxylic acids is 2. The van der Waals surface area contributed by atoms with Crippen molar-refractivity contribution in [1.29, 1.82) is 0 Å². The molecule has 15 heteroatoms. The van der Waals surface area contributed by atoms with E-state index in [1.807, 2.05) is 97.9 Å². The van der Waals surface area contributed by atoms with Crippen molar-refractivity contribution in [2.24, 2.45) is 10.9 Å². The number of carbonyl (C=O) groups is 2. The average Bonchev–Trinajstić information content (AvgIpc) is 4.01. The number of nitrogens with zero attached hydrogens (tertiary/aromatic N) is 6. The Morgan fingerprint density at radius 1 is 0.849 bits per heavy atom. The van der Waals surface area contributed by atoms with Crippen molar-refractivity contribution in [1.82, 2.24) is 24.6 Å². The summed E-state index contributed by atoms with van der Waals surface area (Å²) in [5.41, 5.74) is 9.25. The number of fused-ring (bicyclic) bond motifs is 3. The van der Waals surface area contributed by atoms with Crippen LogP contribution in [0.1, 0.15) is 79.1 Å². The summed E-state index contributed by atoms with van der Waals surface area (Å²) in [5.74, 6) is 1.78. The van der Waals surface area contributed by atoms with Gasteiger partial charge in [0.2, 0.25) is 5.91 Å². The molecule has 0 bridgehead atoms. The number of nitrogens with one attached hydrogen (secondary N) is 2. The van der Waals surface area contributed by atoms with Gasteiger partial charge in [0, 0.05) is 84.6 Å². The summed E-state index contributed by atoms with van der Waals surface area (Å²) in [6.45, 7) is 7.86. The molecule has 2 saturated heterocycles. The molecule has 378 valence electrons. The van der Waals surface area contributed by atoms with Crippen molar-refractivity contribution < 1.29 is 24.2 Å². The number of aliphatic imine (C=N–C) groups is 1. The smallest absolute Gasteiger partial charge is 0.326 e. The maximum absolute atomic E-state index is 15.2. The van der Waals surface area contributed by atoms with Crippen LogP contribution in [0.5, 0.6) is 11.5 Å². The Kier molecular flexibility index (Phi) is 15.2. The second-order valence-corrected chi connectivity index (χ2v) is 20.5. The number of benzene rings is 5. The Morgan fingerprint density at radius 3 is 2.33 bits per heavy atom. The zero-order valence-corrected chi connectivity index (χ0v) is 43.0. The van der Waals surface area contributed by atoms with E-state index in [0.717, 1.165) is 72.5 Å². The number of ether oxygens (including phenoxy) is 2. The number of aliphatic hydroxyl groups is 1. The Morgan fingerprint density at radius 2 is 1.60 bits per heavy atom. The van der Waals surface area contributed by atoms with E-state index in [9.17, 15) is 9.90 Å². The van der Waals surface area contributed by atoms with Crippen LogP contribution >= 0.6 is 23.2 Å². The van der Waals surface area contributed by atoms with Gasteiger partial charge in [-0.25, -0.2) is 4.79 Å². The standard InChI is InChI=1S/C58H62Cl2N8O5/c1-37(2)73-52-33-46(72-3)18-19-48(52)57-64-54(39-9-14-43(59)15-10-39)55(40-11-16-44(60)17-12-40)68(57)58(71)67-30-29-65(53(70)35-67)27-5-4-24-62-45-8-6-7-41(31-45)42-13-20-50-49(32-42)56-47(51(36-69)63-50)23-28-66(56)34-38-21-25-61-26-22-38/h6-22,25-26,31-33,37,47,51,54-56,62-63,69H,4-5,23-24,27-30,34-36H2,1-3H3/t47-,51-,54-,55+,56-/m1/s1. The van der Waals surface area contributed by atoms with Gasteiger partial charge in [-0.3, -0.25) is 24.6 Å². The summed E-state index contributed by atoms with van der Waals surface area (Å²) in [6, 6.07) is 38.7. The van der Waals surface area contributed by atoms with Gasteiger partial charge in [-0.15, -0.1) is 0 Å². The van der Waals surface area contributed by atoms with Gasteiger partial charge in [0.15, 0.2) is 0 Å². The van der Waals surface area contributed by atoms with Gasteiger partial charge in [-0.1, -0.05) is 65.7 Å². The third-order valence-corrected chi connectivity index (χ3v) is 15.1. The summed E-state index contributed by atoms with van der Waals surface area (Å²) in [5, 5.41) is 18.8. The molecule has 3 N–H and O–H groups in total. The van der Waals surface area contributed by atoms with Gasteiger partial charge in [0.05, 0.1) is 37.5 Å². The Balaban J connectivity index is 0.797. The lowest BCUT2D eigenvalue weighted by Gasteiger charge is -2.39. The molecule has 0 saturated carbocycles. The molecule has 13 nitrogen and oxygen atoms in total. The first-order chi connectivity index (χ1) is 35.5. The quantitative estimate of drug-likeness (QED) is 0.0810. The fraction of sp³-hybridized carbons (Fsp3) is 0.345. The van der Waals surface area contributed by atoms with E-state index in [1.165, 1.54) is 11.1 Å². The highest BCUT2D eigenvalue weighted by molar-refractivity contribution is 6.30. The third kappa shape index (κ3) is 10.9. The molecule has 0 aliphatic carbocycles. The first-order valence-corrected chi connectivity index (χ1v) is 26.1. The fourth-order valence-electron chi connectivity index (χ4n) is 11.0. The predicted molar refractivity (Wildman–Crippen MR) is 289 cm³/mol. The highest BCUT2D eigenvalue weighted by Crippen LogP contribution is 2.49. The van der Waals surface area contributed by atoms with Crippen LogP contribution in [0.2, 0.25) is 10.0 Å². The van der Waals surface area contributed by atoms with Crippen molar-refractivity contribution in [3.05, 3.63) is 172 Å². The number of amidine groups is 1. The van der Waals surface area contributed by atoms with Crippen LogP contribution in [-0.2, 0) is 11.3 Å². The van der Waals surface area contributed by atoms with Gasteiger partial charge in [0.1, 0.15) is 29.9 Å². The third-order valence-electron chi connectivity index (χ3n) is 14.6. The molecule has 2 fully saturated rings. The summed E-state index contributed by atoms with van der Waals surface area (Å²) in [7, 11) is 1.60. The molecule has 3 amide bonds. The summed E-state index contributed by atoms with van der Waals surface area (Å²) < 4.78 is 11.9. The first kappa shape index (κ1) is 49.9. The van der Waals surface area contributed by atoms with E-state index in [-0.39, 0.29) is 43.3 Å². The van der Waals surface area contributed by atoms with E-state index in [4.69, 9.17) is 37.7 Å². The van der Waals surface area contributed by atoms with Crippen LogP contribution in [0, 0.1) is 5.92 Å². The van der Waals surface area contributed by atoms with Crippen LogP contribution < -0.4 is 20.1 Å². The molecule has 1 aromatic heterocycles. The maximum atomic E-state index is 15.2. The number of hydrogen-bond acceptors (Lipinski definition) is 10. The zero-order chi connectivity index (χ0) is 50.6. The Hall–Kier alpha value is -6.64. The van der Waals surface area contributed by atoms with Crippen molar-refractivity contribution in [3.8, 4) is 22.6 Å². The maximum Gasteiger partial charge on any atom is 0.326 e. The number of pyridine rings is 1. The number of urea groups is 1. The van der Waals surface area contributed by atoms with Crippen molar-refractivity contribution in [2.75, 3.05) is 63.6 Å². The van der Waals surface area contributed by atoms with E-state index < -0.39 is 12.1 Å². The molecule has 6 aromatic rings. The molecule has 10 rings (SSSR count). The van der Waals surface area contributed by atoms with Crippen LogP contribution in [0.25, 0.3) is 11.1 Å². The number of aromatic nitrogens is 1. The normalized spacial score (nSPS) is 20.6. The van der Waals surface area contributed by atoms with E-state index >= 15 is 4.79 Å². The molecule has 5 heterocycles. The number of methoxy groups -OCH3 is 1. The Labute approximate surface area is 437 Å². The molecular weight excluding hydrogens is 960 g/mol. The van der Waals surface area contributed by atoms with Gasteiger partial charge in [-0.2, -0.15) is 0 Å². The molecule has 0 unspecified atom stereocenters. The molecule has 4 aliphatic heterocycles.